The van der Waals surface area contributed by atoms with Gasteiger partial charge in [-0.15, -0.1) is 0 Å². The van der Waals surface area contributed by atoms with Crippen LogP contribution in [0, 0.1) is 0 Å². The fraction of sp³-hybridized carbons (Fsp3) is 0.778. The first-order valence-corrected chi connectivity index (χ1v) is 4.46. The third-order valence-electron chi connectivity index (χ3n) is 1.32. The Bertz CT molecular complexity index is 178. The van der Waals surface area contributed by atoms with Crippen LogP contribution >= 0.6 is 0 Å². The molecule has 0 unspecified atom stereocenters. The number of carbonyl (C=O) groups excluding carboxylic acids is 2. The highest BCUT2D eigenvalue weighted by Gasteiger charge is 2.03. The molecule has 0 bridgehead atoms. The Kier molecular flexibility index (Phi) is 5.93. The second-order valence-electron chi connectivity index (χ2n) is 3.19. The van der Waals surface area contributed by atoms with Gasteiger partial charge in [0.1, 0.15) is 5.78 Å². The van der Waals surface area contributed by atoms with E-state index in [0.29, 0.717) is 19.4 Å². The lowest BCUT2D eigenvalue weighted by atomic mass is 10.2. The molecule has 13 heavy (non-hydrogen) atoms. The molecule has 0 aliphatic carbocycles. The van der Waals surface area contributed by atoms with Crippen molar-refractivity contribution < 1.29 is 14.3 Å². The second kappa shape index (κ2) is 6.46. The van der Waals surface area contributed by atoms with E-state index in [1.54, 1.807) is 13.8 Å². The molecular formula is C9H17NO3. The van der Waals surface area contributed by atoms with E-state index in [1.807, 2.05) is 0 Å². The molecular weight excluding hydrogens is 170 g/mol. The van der Waals surface area contributed by atoms with Crippen molar-refractivity contribution in [1.29, 1.82) is 0 Å². The van der Waals surface area contributed by atoms with E-state index >= 15 is 0 Å². The van der Waals surface area contributed by atoms with Crippen LogP contribution in [0.3, 0.4) is 0 Å². The molecule has 0 aliphatic heterocycles. The van der Waals surface area contributed by atoms with Crippen LogP contribution in [0.25, 0.3) is 0 Å². The van der Waals surface area contributed by atoms with E-state index in [1.165, 1.54) is 6.92 Å². The first-order valence-electron chi connectivity index (χ1n) is 4.46. The smallest absolute Gasteiger partial charge is 0.407 e. The van der Waals surface area contributed by atoms with Crippen LogP contribution in [0.2, 0.25) is 0 Å². The van der Waals surface area contributed by atoms with Gasteiger partial charge >= 0.3 is 6.09 Å². The molecule has 0 aromatic rings. The number of carbonyl (C=O) groups is 2. The predicted octanol–water partition coefficient (Wildman–Crippen LogP) is 1.49. The highest BCUT2D eigenvalue weighted by Crippen LogP contribution is 1.91. The summed E-state index contributed by atoms with van der Waals surface area (Å²) >= 11 is 0. The molecule has 4 heteroatoms. The van der Waals surface area contributed by atoms with Gasteiger partial charge in [0.05, 0.1) is 6.10 Å². The molecule has 0 spiro atoms. The normalized spacial score (nSPS) is 9.85. The van der Waals surface area contributed by atoms with Gasteiger partial charge in [0.2, 0.25) is 0 Å². The summed E-state index contributed by atoms with van der Waals surface area (Å²) < 4.78 is 4.82. The van der Waals surface area contributed by atoms with Crippen LogP contribution < -0.4 is 5.32 Å². The number of hydrogen-bond acceptors (Lipinski definition) is 3. The second-order valence-corrected chi connectivity index (χ2v) is 3.19. The van der Waals surface area contributed by atoms with E-state index in [0.717, 1.165) is 0 Å². The fourth-order valence-corrected chi connectivity index (χ4v) is 0.784. The first-order chi connectivity index (χ1) is 6.02. The first kappa shape index (κ1) is 11.9. The summed E-state index contributed by atoms with van der Waals surface area (Å²) in [4.78, 5) is 21.4. The van der Waals surface area contributed by atoms with E-state index in [9.17, 15) is 9.59 Å². The summed E-state index contributed by atoms with van der Waals surface area (Å²) in [5.74, 6) is 0.138. The molecule has 4 nitrogen and oxygen atoms in total. The summed E-state index contributed by atoms with van der Waals surface area (Å²) in [6.07, 6.45) is 0.649. The molecule has 0 radical (unpaired) electrons. The van der Waals surface area contributed by atoms with Crippen molar-refractivity contribution in [2.45, 2.75) is 39.7 Å². The van der Waals surface area contributed by atoms with Gasteiger partial charge in [-0.2, -0.15) is 0 Å². The number of rotatable bonds is 5. The molecule has 1 amide bonds. The summed E-state index contributed by atoms with van der Waals surface area (Å²) in [5, 5.41) is 2.56. The third kappa shape index (κ3) is 8.85. The molecule has 0 atom stereocenters. The van der Waals surface area contributed by atoms with Crippen LogP contribution in [0.5, 0.6) is 0 Å². The van der Waals surface area contributed by atoms with Crippen molar-refractivity contribution in [2.24, 2.45) is 0 Å². The molecule has 0 fully saturated rings. The van der Waals surface area contributed by atoms with Crippen molar-refractivity contribution in [3.8, 4) is 0 Å². The van der Waals surface area contributed by atoms with Crippen LogP contribution in [-0.4, -0.2) is 24.5 Å². The Balaban J connectivity index is 3.32. The average molecular weight is 187 g/mol. The van der Waals surface area contributed by atoms with Gasteiger partial charge in [-0.25, -0.2) is 4.79 Å². The highest BCUT2D eigenvalue weighted by molar-refractivity contribution is 5.75. The monoisotopic (exact) mass is 187 g/mol. The van der Waals surface area contributed by atoms with Gasteiger partial charge in [0.25, 0.3) is 0 Å². The van der Waals surface area contributed by atoms with Gasteiger partial charge in [0.15, 0.2) is 0 Å². The zero-order valence-corrected chi connectivity index (χ0v) is 8.42. The summed E-state index contributed by atoms with van der Waals surface area (Å²) in [6.45, 7) is 5.60. The number of Topliss-reactive ketones (excluding diaryl/α,β-unsaturated/α-hetero) is 1. The summed E-state index contributed by atoms with van der Waals surface area (Å²) in [5.41, 5.74) is 0. The Morgan fingerprint density at radius 3 is 2.46 bits per heavy atom. The SMILES string of the molecule is CC(=O)CCCNC(=O)OC(C)C. The van der Waals surface area contributed by atoms with E-state index in [4.69, 9.17) is 4.74 Å². The number of nitrogens with one attached hydrogen (secondary N) is 1. The molecule has 76 valence electrons. The van der Waals surface area contributed by atoms with Gasteiger partial charge in [0, 0.05) is 13.0 Å². The van der Waals surface area contributed by atoms with E-state index in [2.05, 4.69) is 5.32 Å². The van der Waals surface area contributed by atoms with Gasteiger partial charge in [-0.05, 0) is 27.2 Å². The Labute approximate surface area is 78.6 Å². The molecule has 0 aromatic heterocycles. The summed E-state index contributed by atoms with van der Waals surface area (Å²) in [6, 6.07) is 0. The van der Waals surface area contributed by atoms with Crippen molar-refractivity contribution in [2.75, 3.05) is 6.54 Å². The quantitative estimate of drug-likeness (QED) is 0.663. The molecule has 0 rings (SSSR count). The lowest BCUT2D eigenvalue weighted by Gasteiger charge is -2.08. The average Bonchev–Trinajstić information content (AvgIpc) is 1.96. The topological polar surface area (TPSA) is 55.4 Å². The van der Waals surface area contributed by atoms with E-state index in [-0.39, 0.29) is 11.9 Å². The minimum atomic E-state index is -0.418. The van der Waals surface area contributed by atoms with Gasteiger partial charge in [-0.3, -0.25) is 0 Å². The minimum absolute atomic E-state index is 0.104. The third-order valence-corrected chi connectivity index (χ3v) is 1.32. The standard InChI is InChI=1S/C9H17NO3/c1-7(2)13-9(12)10-6-4-5-8(3)11/h7H,4-6H2,1-3H3,(H,10,12). The lowest BCUT2D eigenvalue weighted by molar-refractivity contribution is -0.117. The maximum atomic E-state index is 10.9. The maximum absolute atomic E-state index is 10.9. The van der Waals surface area contributed by atoms with Crippen molar-refractivity contribution in [3.05, 3.63) is 0 Å². The number of amides is 1. The van der Waals surface area contributed by atoms with Gasteiger partial charge in [-0.1, -0.05) is 0 Å². The number of ketones is 1. The largest absolute Gasteiger partial charge is 0.447 e. The van der Waals surface area contributed by atoms with E-state index < -0.39 is 6.09 Å². The fourth-order valence-electron chi connectivity index (χ4n) is 0.784. The van der Waals surface area contributed by atoms with Crippen LogP contribution in [0.1, 0.15) is 33.6 Å². The number of ether oxygens (including phenoxy) is 1. The van der Waals surface area contributed by atoms with Gasteiger partial charge < -0.3 is 14.8 Å². The van der Waals surface area contributed by atoms with Crippen LogP contribution in [0.15, 0.2) is 0 Å². The zero-order valence-electron chi connectivity index (χ0n) is 8.42. The Hall–Kier alpha value is -1.06. The predicted molar refractivity (Wildman–Crippen MR) is 49.5 cm³/mol. The number of alkyl carbamates (subject to hydrolysis) is 1. The van der Waals surface area contributed by atoms with Crippen molar-refractivity contribution in [3.63, 3.8) is 0 Å². The summed E-state index contributed by atoms with van der Waals surface area (Å²) in [7, 11) is 0. The van der Waals surface area contributed by atoms with Crippen molar-refractivity contribution in [1.82, 2.24) is 5.32 Å². The molecule has 1 N–H and O–H groups in total. The minimum Gasteiger partial charge on any atom is -0.447 e. The molecule has 0 aromatic carbocycles. The van der Waals surface area contributed by atoms with Crippen LogP contribution in [0.4, 0.5) is 4.79 Å². The Morgan fingerprint density at radius 1 is 1.38 bits per heavy atom. The molecule has 0 heterocycles. The number of hydrogen-bond donors (Lipinski definition) is 1. The molecule has 0 saturated carbocycles. The molecule has 0 saturated heterocycles. The Morgan fingerprint density at radius 2 is 2.00 bits per heavy atom. The highest BCUT2D eigenvalue weighted by atomic mass is 16.6. The molecule has 0 aliphatic rings. The van der Waals surface area contributed by atoms with Crippen LogP contribution in [-0.2, 0) is 9.53 Å². The maximum Gasteiger partial charge on any atom is 0.407 e. The lowest BCUT2D eigenvalue weighted by Crippen LogP contribution is -2.27. The van der Waals surface area contributed by atoms with Crippen molar-refractivity contribution >= 4 is 11.9 Å². The zero-order chi connectivity index (χ0) is 10.3.